The van der Waals surface area contributed by atoms with Crippen molar-refractivity contribution in [1.29, 1.82) is 0 Å². The zero-order chi connectivity index (χ0) is 7.00. The van der Waals surface area contributed by atoms with Crippen molar-refractivity contribution in [3.63, 3.8) is 0 Å². The first kappa shape index (κ1) is 7.81. The zero-order valence-electron chi connectivity index (χ0n) is 4.64. The molecule has 1 unspecified atom stereocenters. The average molecular weight is 134 g/mol. The summed E-state index contributed by atoms with van der Waals surface area (Å²) in [5.74, 6) is 0. The number of nitrogens with one attached hydrogen (secondary N) is 1. The van der Waals surface area contributed by atoms with E-state index < -0.39 is 15.1 Å². The van der Waals surface area contributed by atoms with Crippen LogP contribution in [0.5, 0.6) is 0 Å². The molecule has 0 rings (SSSR count). The van der Waals surface area contributed by atoms with E-state index in [0.717, 1.165) is 0 Å². The van der Waals surface area contributed by atoms with Crippen LogP contribution in [0.4, 0.5) is 0 Å². The molecule has 0 bridgehead atoms. The maximum atomic E-state index is 10.2. The summed E-state index contributed by atoms with van der Waals surface area (Å²) in [7, 11) is -3.81. The lowest BCUT2D eigenvalue weighted by Crippen LogP contribution is -2.30. The Bertz CT molecular complexity index is 120. The maximum absolute atomic E-state index is 10.2. The summed E-state index contributed by atoms with van der Waals surface area (Å²) in [6.07, 6.45) is 0. The van der Waals surface area contributed by atoms with Gasteiger partial charge in [-0.05, 0) is 0 Å². The molecule has 0 aromatic heterocycles. The molecule has 0 aromatic rings. The maximum Gasteiger partial charge on any atom is 0.356 e. The van der Waals surface area contributed by atoms with Crippen molar-refractivity contribution in [1.82, 2.24) is 0 Å². The third-order valence-electron chi connectivity index (χ3n) is 0.649. The Kier molecular flexibility index (Phi) is 1.61. The van der Waals surface area contributed by atoms with Crippen LogP contribution in [0, 0.1) is 13.8 Å². The minimum absolute atomic E-state index is 1.27. The number of hydrogen-bond acceptors (Lipinski definition) is 2. The minimum Gasteiger partial charge on any atom is -0.618 e. The van der Waals surface area contributed by atoms with Gasteiger partial charge in [0.05, 0.1) is 17.3 Å². The molecule has 0 saturated heterocycles. The van der Waals surface area contributed by atoms with Crippen molar-refractivity contribution in [2.75, 3.05) is 0 Å². The van der Waals surface area contributed by atoms with E-state index in [0.29, 0.717) is 0 Å². The summed E-state index contributed by atoms with van der Waals surface area (Å²) in [6.45, 7) is 7.58. The fourth-order valence-electron chi connectivity index (χ4n) is 0. The van der Waals surface area contributed by atoms with Gasteiger partial charge in [-0.1, -0.05) is 0 Å². The molecule has 1 atom stereocenters. The number of sulfonamides is 1. The average Bonchev–Trinajstić information content (AvgIpc) is 1.25. The fourth-order valence-corrected chi connectivity index (χ4v) is 0. The molecule has 4 heteroatoms. The van der Waals surface area contributed by atoms with Crippen LogP contribution in [0.25, 0.3) is 5.14 Å². The van der Waals surface area contributed by atoms with Gasteiger partial charge in [0.2, 0.25) is 0 Å². The topological polar surface area (TPSA) is 63.9 Å². The molecule has 0 fully saturated rings. The molecule has 0 aliphatic heterocycles. The van der Waals surface area contributed by atoms with Crippen LogP contribution in [0.2, 0.25) is 0 Å². The van der Waals surface area contributed by atoms with Crippen molar-refractivity contribution >= 4 is 10.4 Å². The largest absolute Gasteiger partial charge is 0.618 e. The van der Waals surface area contributed by atoms with E-state index in [4.69, 9.17) is 5.14 Å². The highest BCUT2D eigenvalue weighted by Gasteiger charge is 2.39. The highest BCUT2D eigenvalue weighted by atomic mass is 32.3. The first-order valence-electron chi connectivity index (χ1n) is 1.95. The second-order valence-electron chi connectivity index (χ2n) is 1.95. The molecule has 46 valence electrons. The third-order valence-corrected chi connectivity index (χ3v) is 1.95. The van der Waals surface area contributed by atoms with Crippen molar-refractivity contribution < 1.29 is 8.76 Å². The quantitative estimate of drug-likeness (QED) is 0.397. The monoisotopic (exact) mass is 134 g/mol. The third kappa shape index (κ3) is 1.73. The van der Waals surface area contributed by atoms with Crippen molar-refractivity contribution in [3.05, 3.63) is 19.0 Å². The predicted molar refractivity (Wildman–Crippen MR) is 32.3 cm³/mol. The van der Waals surface area contributed by atoms with Crippen LogP contribution < -0.4 is 0 Å². The van der Waals surface area contributed by atoms with Gasteiger partial charge >= 0.3 is 4.75 Å². The molecule has 0 saturated carbocycles. The Morgan fingerprint density at radius 3 is 1.88 bits per heavy atom. The summed E-state index contributed by atoms with van der Waals surface area (Å²) in [4.78, 5) is 0. The molecule has 1 N–H and O–H groups in total. The van der Waals surface area contributed by atoms with E-state index in [1.807, 2.05) is 0 Å². The lowest BCUT2D eigenvalue weighted by molar-refractivity contribution is 0.472. The van der Waals surface area contributed by atoms with Crippen molar-refractivity contribution in [3.8, 4) is 0 Å². The molecular weight excluding hydrogens is 126 g/mol. The van der Waals surface area contributed by atoms with Crippen LogP contribution in [0.3, 0.4) is 0 Å². The molecule has 8 heavy (non-hydrogen) atoms. The Labute approximate surface area is 50.7 Å². The molecular formula is C4H8NO2S+. The van der Waals surface area contributed by atoms with Gasteiger partial charge in [0.15, 0.2) is 13.8 Å². The minimum atomic E-state index is -3.81. The smallest absolute Gasteiger partial charge is 0.356 e. The van der Waals surface area contributed by atoms with E-state index in [-0.39, 0.29) is 0 Å². The molecule has 0 aliphatic rings. The van der Waals surface area contributed by atoms with E-state index in [1.54, 1.807) is 0 Å². The van der Waals surface area contributed by atoms with Crippen molar-refractivity contribution in [2.45, 2.75) is 11.7 Å². The van der Waals surface area contributed by atoms with Crippen LogP contribution in [0.1, 0.15) is 6.92 Å². The number of rotatable bonds is 1. The SMILES string of the molecule is [CH2+]C([CH2+])(C)[S+]([NH-])(=O)[O-]. The molecule has 0 aromatic carbocycles. The van der Waals surface area contributed by atoms with Crippen LogP contribution in [-0.2, 0) is 14.6 Å². The zero-order valence-corrected chi connectivity index (χ0v) is 5.46. The number of hydrogen-bond donors (Lipinski definition) is 0. The van der Waals surface area contributed by atoms with Gasteiger partial charge in [-0.25, -0.2) is 0 Å². The Morgan fingerprint density at radius 2 is 1.88 bits per heavy atom. The lowest BCUT2D eigenvalue weighted by Gasteiger charge is -2.19. The second-order valence-corrected chi connectivity index (χ2v) is 3.95. The van der Waals surface area contributed by atoms with E-state index in [9.17, 15) is 8.76 Å². The highest BCUT2D eigenvalue weighted by Crippen LogP contribution is 2.19. The summed E-state index contributed by atoms with van der Waals surface area (Å²) in [5, 5.41) is 6.43. The lowest BCUT2D eigenvalue weighted by atomic mass is 10.3. The summed E-state index contributed by atoms with van der Waals surface area (Å²) in [6, 6.07) is 0. The van der Waals surface area contributed by atoms with Gasteiger partial charge in [0.25, 0.3) is 0 Å². The first-order chi connectivity index (χ1) is 3.25. The Hall–Kier alpha value is -0.190. The normalized spacial score (nSPS) is 19.9. The highest BCUT2D eigenvalue weighted by molar-refractivity contribution is 8.00. The fraction of sp³-hybridized carbons (Fsp3) is 0.500. The van der Waals surface area contributed by atoms with Crippen LogP contribution in [-0.4, -0.2) is 9.30 Å². The first-order valence-corrected chi connectivity index (χ1v) is 3.43. The Balaban J connectivity index is 4.26. The predicted octanol–water partition coefficient (Wildman–Crippen LogP) is 1.01. The standard InChI is InChI=1S/C4H8NO2S/c1-4(2,3)8(5,6)7/h1-2H2,3H3,(H-2,5,6,7)/q+1. The molecule has 0 radical (unpaired) electrons. The second kappa shape index (κ2) is 1.65. The molecule has 0 heterocycles. The summed E-state index contributed by atoms with van der Waals surface area (Å²) in [5.41, 5.74) is 0. The van der Waals surface area contributed by atoms with Gasteiger partial charge in [0.1, 0.15) is 0 Å². The van der Waals surface area contributed by atoms with Crippen LogP contribution in [0.15, 0.2) is 0 Å². The summed E-state index contributed by atoms with van der Waals surface area (Å²) < 4.78 is 19.0. The van der Waals surface area contributed by atoms with Gasteiger partial charge < -0.3 is 9.69 Å². The van der Waals surface area contributed by atoms with Gasteiger partial charge in [-0.3, -0.25) is 0 Å². The molecule has 0 aliphatic carbocycles. The molecule has 3 nitrogen and oxygen atoms in total. The summed E-state index contributed by atoms with van der Waals surface area (Å²) >= 11 is 0. The van der Waals surface area contributed by atoms with Crippen molar-refractivity contribution in [2.24, 2.45) is 0 Å². The van der Waals surface area contributed by atoms with Crippen LogP contribution >= 0.6 is 0 Å². The van der Waals surface area contributed by atoms with E-state index in [2.05, 4.69) is 13.8 Å². The van der Waals surface area contributed by atoms with Gasteiger partial charge in [-0.15, -0.1) is 4.21 Å². The van der Waals surface area contributed by atoms with E-state index >= 15 is 0 Å². The Morgan fingerprint density at radius 1 is 1.75 bits per heavy atom. The van der Waals surface area contributed by atoms with Gasteiger partial charge in [0, 0.05) is 0 Å². The van der Waals surface area contributed by atoms with E-state index in [1.165, 1.54) is 6.92 Å². The molecule has 0 spiro atoms. The van der Waals surface area contributed by atoms with Gasteiger partial charge in [-0.2, -0.15) is 0 Å². The molecule has 0 amide bonds.